The Morgan fingerprint density at radius 3 is 2.42 bits per heavy atom. The number of aryl methyl sites for hydroxylation is 1. The molecule has 0 radical (unpaired) electrons. The summed E-state index contributed by atoms with van der Waals surface area (Å²) in [5.74, 6) is -0.517. The third kappa shape index (κ3) is 5.55. The van der Waals surface area contributed by atoms with Gasteiger partial charge in [-0.2, -0.15) is 0 Å². The Morgan fingerprint density at radius 1 is 1.06 bits per heavy atom. The number of imide groups is 1. The lowest BCUT2D eigenvalue weighted by Crippen LogP contribution is -2.27. The second-order valence-electron chi connectivity index (χ2n) is 7.34. The average Bonchev–Trinajstić information content (AvgIpc) is 3.04. The molecule has 33 heavy (non-hydrogen) atoms. The molecule has 3 aromatic carbocycles. The van der Waals surface area contributed by atoms with E-state index >= 15 is 0 Å². The van der Waals surface area contributed by atoms with E-state index in [4.69, 9.17) is 16.3 Å². The van der Waals surface area contributed by atoms with Crippen LogP contribution in [0.2, 0.25) is 5.02 Å². The molecule has 1 aliphatic heterocycles. The Kier molecular flexibility index (Phi) is 7.02. The lowest BCUT2D eigenvalue weighted by Gasteiger charge is -2.12. The largest absolute Gasteiger partial charge is 0.422 e. The van der Waals surface area contributed by atoms with Crippen molar-refractivity contribution in [3.63, 3.8) is 0 Å². The molecule has 1 saturated heterocycles. The molecule has 0 N–H and O–H groups in total. The molecular weight excluding hydrogens is 526 g/mol. The number of hydrogen-bond donors (Lipinski definition) is 0. The van der Waals surface area contributed by atoms with Gasteiger partial charge in [-0.25, -0.2) is 4.79 Å². The van der Waals surface area contributed by atoms with E-state index in [1.54, 1.807) is 48.5 Å². The van der Waals surface area contributed by atoms with Crippen molar-refractivity contribution in [3.05, 3.63) is 103 Å². The number of ether oxygens (including phenoxy) is 1. The fraction of sp³-hybridized carbons (Fsp3) is 0.0800. The molecule has 0 spiro atoms. The molecule has 0 saturated carbocycles. The molecule has 0 aromatic heterocycles. The smallest absolute Gasteiger partial charge is 0.343 e. The Bertz CT molecular complexity index is 1270. The van der Waals surface area contributed by atoms with Crippen LogP contribution in [0.15, 0.2) is 76.1 Å². The van der Waals surface area contributed by atoms with Gasteiger partial charge in [-0.15, -0.1) is 0 Å². The number of hydrogen-bond acceptors (Lipinski definition) is 5. The van der Waals surface area contributed by atoms with Crippen LogP contribution in [0.25, 0.3) is 6.08 Å². The van der Waals surface area contributed by atoms with Crippen molar-refractivity contribution in [2.24, 2.45) is 0 Å². The van der Waals surface area contributed by atoms with Gasteiger partial charge in [0.1, 0.15) is 5.75 Å². The Hall–Kier alpha value is -2.87. The standard InChI is InChI=1S/C25H17BrClNO4S/c1-15-2-4-16(5-3-15)14-28-23(29)22(33-25(28)31)13-17-6-11-21(20(26)12-17)32-24(30)18-7-9-19(27)10-8-18/h2-13H,14H2,1H3/b22-13-. The first kappa shape index (κ1) is 23.3. The van der Waals surface area contributed by atoms with Crippen molar-refractivity contribution in [1.29, 1.82) is 0 Å². The number of halogens is 2. The zero-order valence-corrected chi connectivity index (χ0v) is 20.5. The van der Waals surface area contributed by atoms with Crippen LogP contribution in [0.4, 0.5) is 4.79 Å². The summed E-state index contributed by atoms with van der Waals surface area (Å²) in [6.07, 6.45) is 1.65. The van der Waals surface area contributed by atoms with E-state index in [1.165, 1.54) is 4.90 Å². The minimum Gasteiger partial charge on any atom is -0.422 e. The number of benzene rings is 3. The Balaban J connectivity index is 1.47. The summed E-state index contributed by atoms with van der Waals surface area (Å²) in [7, 11) is 0. The van der Waals surface area contributed by atoms with Gasteiger partial charge >= 0.3 is 5.97 Å². The molecule has 0 aliphatic carbocycles. The Labute approximate surface area is 208 Å². The maximum Gasteiger partial charge on any atom is 0.343 e. The monoisotopic (exact) mass is 541 g/mol. The number of amides is 2. The molecule has 1 fully saturated rings. The Morgan fingerprint density at radius 2 is 1.76 bits per heavy atom. The van der Waals surface area contributed by atoms with Crippen molar-refractivity contribution < 1.29 is 19.1 Å². The van der Waals surface area contributed by atoms with E-state index in [0.29, 0.717) is 31.3 Å². The van der Waals surface area contributed by atoms with E-state index in [1.807, 2.05) is 31.2 Å². The third-order valence-corrected chi connectivity index (χ3v) is 6.65. The fourth-order valence-electron chi connectivity index (χ4n) is 3.10. The first-order valence-corrected chi connectivity index (χ1v) is 11.9. The second-order valence-corrected chi connectivity index (χ2v) is 9.62. The van der Waals surface area contributed by atoms with Crippen molar-refractivity contribution in [3.8, 4) is 5.75 Å². The number of esters is 1. The highest BCUT2D eigenvalue weighted by atomic mass is 79.9. The number of carbonyl (C=O) groups is 3. The maximum atomic E-state index is 12.8. The summed E-state index contributed by atoms with van der Waals surface area (Å²) in [5.41, 5.74) is 3.06. The predicted molar refractivity (Wildman–Crippen MR) is 133 cm³/mol. The highest BCUT2D eigenvalue weighted by molar-refractivity contribution is 9.10. The summed E-state index contributed by atoms with van der Waals surface area (Å²) in [6.45, 7) is 2.21. The van der Waals surface area contributed by atoms with E-state index in [-0.39, 0.29) is 17.7 Å². The topological polar surface area (TPSA) is 63.7 Å². The van der Waals surface area contributed by atoms with Crippen molar-refractivity contribution >= 4 is 62.5 Å². The summed E-state index contributed by atoms with van der Waals surface area (Å²) in [5, 5.41) is 0.222. The third-order valence-electron chi connectivity index (χ3n) is 4.87. The van der Waals surface area contributed by atoms with E-state index in [0.717, 1.165) is 22.9 Å². The van der Waals surface area contributed by atoms with Crippen molar-refractivity contribution in [2.45, 2.75) is 13.5 Å². The number of nitrogens with zero attached hydrogens (tertiary/aromatic N) is 1. The summed E-state index contributed by atoms with van der Waals surface area (Å²) < 4.78 is 5.98. The predicted octanol–water partition coefficient (Wildman–Crippen LogP) is 6.87. The van der Waals surface area contributed by atoms with Crippen LogP contribution in [0.5, 0.6) is 5.75 Å². The van der Waals surface area contributed by atoms with Crippen LogP contribution in [-0.4, -0.2) is 22.0 Å². The fourth-order valence-corrected chi connectivity index (χ4v) is 4.54. The van der Waals surface area contributed by atoms with Gasteiger partial charge in [0.15, 0.2) is 0 Å². The van der Waals surface area contributed by atoms with E-state index in [2.05, 4.69) is 15.9 Å². The summed E-state index contributed by atoms with van der Waals surface area (Å²) >= 11 is 10.2. The van der Waals surface area contributed by atoms with E-state index < -0.39 is 5.97 Å². The SMILES string of the molecule is Cc1ccc(CN2C(=O)S/C(=C\c3ccc(OC(=O)c4ccc(Cl)cc4)c(Br)c3)C2=O)cc1. The van der Waals surface area contributed by atoms with E-state index in [9.17, 15) is 14.4 Å². The minimum atomic E-state index is -0.516. The minimum absolute atomic E-state index is 0.228. The van der Waals surface area contributed by atoms with Gasteiger partial charge in [-0.1, -0.05) is 47.5 Å². The van der Waals surface area contributed by atoms with Crippen molar-refractivity contribution in [2.75, 3.05) is 0 Å². The first-order chi connectivity index (χ1) is 15.8. The molecule has 3 aromatic rings. The van der Waals surface area contributed by atoms with Crippen LogP contribution >= 0.6 is 39.3 Å². The molecule has 0 bridgehead atoms. The maximum absolute atomic E-state index is 12.8. The molecular formula is C25H17BrClNO4S. The van der Waals surface area contributed by atoms with Gasteiger partial charge in [0.2, 0.25) is 0 Å². The average molecular weight is 543 g/mol. The molecule has 8 heteroatoms. The normalized spacial score (nSPS) is 14.8. The molecule has 1 heterocycles. The molecule has 1 aliphatic rings. The zero-order valence-electron chi connectivity index (χ0n) is 17.4. The van der Waals surface area contributed by atoms with Gasteiger partial charge in [-0.3, -0.25) is 14.5 Å². The van der Waals surface area contributed by atoms with Crippen LogP contribution in [0.1, 0.15) is 27.0 Å². The van der Waals surface area contributed by atoms with Gasteiger partial charge in [0.05, 0.1) is 21.5 Å². The van der Waals surface area contributed by atoms with Gasteiger partial charge in [0.25, 0.3) is 11.1 Å². The highest BCUT2D eigenvalue weighted by Crippen LogP contribution is 2.35. The molecule has 5 nitrogen and oxygen atoms in total. The highest BCUT2D eigenvalue weighted by Gasteiger charge is 2.35. The summed E-state index contributed by atoms with van der Waals surface area (Å²) in [4.78, 5) is 39.1. The van der Waals surface area contributed by atoms with Crippen LogP contribution < -0.4 is 4.74 Å². The second kappa shape index (κ2) is 9.95. The molecule has 4 rings (SSSR count). The van der Waals surface area contributed by atoms with Crippen molar-refractivity contribution in [1.82, 2.24) is 4.90 Å². The molecule has 2 amide bonds. The first-order valence-electron chi connectivity index (χ1n) is 9.88. The zero-order chi connectivity index (χ0) is 23.5. The lowest BCUT2D eigenvalue weighted by atomic mass is 10.1. The van der Waals surface area contributed by atoms with Gasteiger partial charge in [-0.05, 0) is 88.2 Å². The quantitative estimate of drug-likeness (QED) is 0.200. The summed E-state index contributed by atoms with van der Waals surface area (Å²) in [6, 6.07) is 19.2. The number of rotatable bonds is 5. The number of thioether (sulfide) groups is 1. The van der Waals surface area contributed by atoms with Crippen LogP contribution in [0.3, 0.4) is 0 Å². The van der Waals surface area contributed by atoms with Crippen LogP contribution in [0, 0.1) is 6.92 Å². The molecule has 166 valence electrons. The molecule has 0 atom stereocenters. The lowest BCUT2D eigenvalue weighted by molar-refractivity contribution is -0.123. The number of carbonyl (C=O) groups excluding carboxylic acids is 3. The van der Waals surface area contributed by atoms with Gasteiger partial charge < -0.3 is 4.74 Å². The van der Waals surface area contributed by atoms with Gasteiger partial charge in [0, 0.05) is 5.02 Å². The van der Waals surface area contributed by atoms with Crippen LogP contribution in [-0.2, 0) is 11.3 Å². The molecule has 0 unspecified atom stereocenters.